The maximum atomic E-state index is 11.2. The minimum atomic E-state index is 0.0738. The molecule has 3 nitrogen and oxygen atoms in total. The van der Waals surface area contributed by atoms with Crippen LogP contribution in [0.2, 0.25) is 0 Å². The Labute approximate surface area is 113 Å². The minimum Gasteiger partial charge on any atom is -0.492 e. The first kappa shape index (κ1) is 13.3. The van der Waals surface area contributed by atoms with Crippen LogP contribution in [0.5, 0.6) is 5.75 Å². The van der Waals surface area contributed by atoms with Crippen molar-refractivity contribution in [2.24, 2.45) is 0 Å². The summed E-state index contributed by atoms with van der Waals surface area (Å²) in [6, 6.07) is 9.48. The van der Waals surface area contributed by atoms with Crippen molar-refractivity contribution in [1.82, 2.24) is 4.98 Å². The van der Waals surface area contributed by atoms with E-state index in [1.54, 1.807) is 19.3 Å². The summed E-state index contributed by atoms with van der Waals surface area (Å²) in [5.74, 6) is 0.847. The van der Waals surface area contributed by atoms with E-state index in [9.17, 15) is 4.79 Å². The van der Waals surface area contributed by atoms with Crippen LogP contribution < -0.4 is 4.74 Å². The summed E-state index contributed by atoms with van der Waals surface area (Å²) in [6.45, 7) is 4.32. The standard InChI is InChI=1S/C16H17NO2/c1-3-8-19-16-9-15(10-17-11-16)14-6-4-13(5-7-14)12(2)18/h4-7,9-11H,3,8H2,1-2H3. The van der Waals surface area contributed by atoms with E-state index in [1.807, 2.05) is 30.3 Å². The van der Waals surface area contributed by atoms with Crippen molar-refractivity contribution < 1.29 is 9.53 Å². The molecule has 0 amide bonds. The first-order valence-corrected chi connectivity index (χ1v) is 6.40. The highest BCUT2D eigenvalue weighted by Gasteiger charge is 2.03. The van der Waals surface area contributed by atoms with Crippen LogP contribution in [-0.2, 0) is 0 Å². The van der Waals surface area contributed by atoms with Gasteiger partial charge in [-0.1, -0.05) is 31.2 Å². The smallest absolute Gasteiger partial charge is 0.159 e. The van der Waals surface area contributed by atoms with Crippen LogP contribution in [0.15, 0.2) is 42.7 Å². The van der Waals surface area contributed by atoms with Crippen LogP contribution in [-0.4, -0.2) is 17.4 Å². The maximum Gasteiger partial charge on any atom is 0.159 e. The molecule has 0 aliphatic carbocycles. The van der Waals surface area contributed by atoms with Gasteiger partial charge in [0.25, 0.3) is 0 Å². The van der Waals surface area contributed by atoms with Crippen LogP contribution >= 0.6 is 0 Å². The highest BCUT2D eigenvalue weighted by Crippen LogP contribution is 2.23. The Morgan fingerprint density at radius 3 is 2.53 bits per heavy atom. The molecule has 0 atom stereocenters. The summed E-state index contributed by atoms with van der Waals surface area (Å²) < 4.78 is 5.56. The molecule has 2 aromatic rings. The Morgan fingerprint density at radius 2 is 1.89 bits per heavy atom. The molecule has 1 aromatic carbocycles. The first-order valence-electron chi connectivity index (χ1n) is 6.40. The quantitative estimate of drug-likeness (QED) is 0.764. The number of nitrogens with zero attached hydrogens (tertiary/aromatic N) is 1. The number of rotatable bonds is 5. The molecule has 0 spiro atoms. The van der Waals surface area contributed by atoms with Crippen molar-refractivity contribution in [1.29, 1.82) is 0 Å². The molecule has 1 heterocycles. The molecule has 19 heavy (non-hydrogen) atoms. The topological polar surface area (TPSA) is 39.2 Å². The lowest BCUT2D eigenvalue weighted by molar-refractivity contribution is 0.101. The first-order chi connectivity index (χ1) is 9.20. The van der Waals surface area contributed by atoms with Gasteiger partial charge in [0.1, 0.15) is 5.75 Å². The summed E-state index contributed by atoms with van der Waals surface area (Å²) in [5.41, 5.74) is 2.73. The van der Waals surface area contributed by atoms with E-state index in [2.05, 4.69) is 11.9 Å². The predicted molar refractivity (Wildman–Crippen MR) is 75.5 cm³/mol. The van der Waals surface area contributed by atoms with Crippen LogP contribution in [0.25, 0.3) is 11.1 Å². The highest BCUT2D eigenvalue weighted by molar-refractivity contribution is 5.94. The Hall–Kier alpha value is -2.16. The number of benzene rings is 1. The molecule has 0 aliphatic rings. The molecule has 0 radical (unpaired) electrons. The van der Waals surface area contributed by atoms with Gasteiger partial charge in [0, 0.05) is 17.3 Å². The number of hydrogen-bond donors (Lipinski definition) is 0. The van der Waals surface area contributed by atoms with E-state index in [0.717, 1.165) is 28.9 Å². The molecule has 2 rings (SSSR count). The van der Waals surface area contributed by atoms with Crippen LogP contribution in [0, 0.1) is 0 Å². The fraction of sp³-hybridized carbons (Fsp3) is 0.250. The van der Waals surface area contributed by atoms with E-state index >= 15 is 0 Å². The Morgan fingerprint density at radius 1 is 1.16 bits per heavy atom. The number of ether oxygens (including phenoxy) is 1. The van der Waals surface area contributed by atoms with Crippen molar-refractivity contribution in [2.75, 3.05) is 6.61 Å². The maximum absolute atomic E-state index is 11.2. The Kier molecular flexibility index (Phi) is 4.29. The number of carbonyl (C=O) groups excluding carboxylic acids is 1. The average Bonchev–Trinajstić information content (AvgIpc) is 2.45. The van der Waals surface area contributed by atoms with Crippen molar-refractivity contribution in [3.63, 3.8) is 0 Å². The lowest BCUT2D eigenvalue weighted by atomic mass is 10.0. The van der Waals surface area contributed by atoms with Gasteiger partial charge in [-0.05, 0) is 25.0 Å². The third-order valence-electron chi connectivity index (χ3n) is 2.81. The lowest BCUT2D eigenvalue weighted by Gasteiger charge is -2.07. The molecule has 0 fully saturated rings. The number of hydrogen-bond acceptors (Lipinski definition) is 3. The molecule has 3 heteroatoms. The van der Waals surface area contributed by atoms with Gasteiger partial charge >= 0.3 is 0 Å². The van der Waals surface area contributed by atoms with E-state index in [4.69, 9.17) is 4.74 Å². The molecule has 0 bridgehead atoms. The summed E-state index contributed by atoms with van der Waals surface area (Å²) in [7, 11) is 0. The monoisotopic (exact) mass is 255 g/mol. The molecule has 1 aromatic heterocycles. The predicted octanol–water partition coefficient (Wildman–Crippen LogP) is 3.74. The normalized spacial score (nSPS) is 10.2. The van der Waals surface area contributed by atoms with Crippen molar-refractivity contribution in [2.45, 2.75) is 20.3 Å². The fourth-order valence-electron chi connectivity index (χ4n) is 1.77. The van der Waals surface area contributed by atoms with Gasteiger partial charge in [0.05, 0.1) is 12.8 Å². The van der Waals surface area contributed by atoms with Gasteiger partial charge in [0.15, 0.2) is 5.78 Å². The fourth-order valence-corrected chi connectivity index (χ4v) is 1.77. The van der Waals surface area contributed by atoms with Gasteiger partial charge in [-0.25, -0.2) is 0 Å². The largest absolute Gasteiger partial charge is 0.492 e. The van der Waals surface area contributed by atoms with Crippen LogP contribution in [0.4, 0.5) is 0 Å². The number of Topliss-reactive ketones (excluding diaryl/α,β-unsaturated/α-hetero) is 1. The summed E-state index contributed by atoms with van der Waals surface area (Å²) in [6.07, 6.45) is 4.47. The van der Waals surface area contributed by atoms with E-state index in [-0.39, 0.29) is 5.78 Å². The van der Waals surface area contributed by atoms with Crippen molar-refractivity contribution in [3.8, 4) is 16.9 Å². The molecular weight excluding hydrogens is 238 g/mol. The van der Waals surface area contributed by atoms with E-state index in [1.165, 1.54) is 0 Å². The molecule has 0 saturated carbocycles. The van der Waals surface area contributed by atoms with Gasteiger partial charge in [-0.15, -0.1) is 0 Å². The van der Waals surface area contributed by atoms with Gasteiger partial charge in [-0.2, -0.15) is 0 Å². The van der Waals surface area contributed by atoms with Gasteiger partial charge in [-0.3, -0.25) is 9.78 Å². The number of pyridine rings is 1. The van der Waals surface area contributed by atoms with E-state index in [0.29, 0.717) is 6.61 Å². The van der Waals surface area contributed by atoms with Crippen LogP contribution in [0.3, 0.4) is 0 Å². The second-order valence-corrected chi connectivity index (χ2v) is 4.39. The second kappa shape index (κ2) is 6.14. The summed E-state index contributed by atoms with van der Waals surface area (Å²) in [5, 5.41) is 0. The van der Waals surface area contributed by atoms with Crippen molar-refractivity contribution in [3.05, 3.63) is 48.3 Å². The minimum absolute atomic E-state index is 0.0738. The number of ketones is 1. The molecule has 0 N–H and O–H groups in total. The second-order valence-electron chi connectivity index (χ2n) is 4.39. The zero-order valence-corrected chi connectivity index (χ0v) is 11.2. The zero-order valence-electron chi connectivity index (χ0n) is 11.2. The van der Waals surface area contributed by atoms with E-state index < -0.39 is 0 Å². The summed E-state index contributed by atoms with van der Waals surface area (Å²) in [4.78, 5) is 15.4. The number of aromatic nitrogens is 1. The SMILES string of the molecule is CCCOc1cncc(-c2ccc(C(C)=O)cc2)c1. The van der Waals surface area contributed by atoms with Gasteiger partial charge < -0.3 is 4.74 Å². The summed E-state index contributed by atoms with van der Waals surface area (Å²) >= 11 is 0. The number of carbonyl (C=O) groups is 1. The van der Waals surface area contributed by atoms with Crippen molar-refractivity contribution >= 4 is 5.78 Å². The van der Waals surface area contributed by atoms with Crippen LogP contribution in [0.1, 0.15) is 30.6 Å². The van der Waals surface area contributed by atoms with Gasteiger partial charge in [0.2, 0.25) is 0 Å². The molecule has 98 valence electrons. The Balaban J connectivity index is 2.23. The molecule has 0 aliphatic heterocycles. The highest BCUT2D eigenvalue weighted by atomic mass is 16.5. The third kappa shape index (κ3) is 3.41. The molecule has 0 unspecified atom stereocenters. The zero-order chi connectivity index (χ0) is 13.7. The Bertz CT molecular complexity index is 561. The molecule has 0 saturated heterocycles. The average molecular weight is 255 g/mol. The lowest BCUT2D eigenvalue weighted by Crippen LogP contribution is -1.96. The molecular formula is C16H17NO2. The third-order valence-corrected chi connectivity index (χ3v) is 2.81.